The number of hydrogen-bond donors (Lipinski definition) is 0. The lowest BCUT2D eigenvalue weighted by atomic mass is 9.97. The van der Waals surface area contributed by atoms with Gasteiger partial charge in [0.2, 0.25) is 0 Å². The predicted octanol–water partition coefficient (Wildman–Crippen LogP) is 3.18. The van der Waals surface area contributed by atoms with Crippen LogP contribution in [0.15, 0.2) is 30.6 Å². The van der Waals surface area contributed by atoms with Crippen molar-refractivity contribution in [3.63, 3.8) is 0 Å². The number of rotatable bonds is 3. The minimum atomic E-state index is -0.251. The molecule has 0 saturated carbocycles. The Hall–Kier alpha value is -2.57. The average Bonchev–Trinajstić information content (AvgIpc) is 3.01. The van der Waals surface area contributed by atoms with Gasteiger partial charge in [0.1, 0.15) is 12.1 Å². The molecule has 3 aromatic rings. The van der Waals surface area contributed by atoms with Gasteiger partial charge < -0.3 is 4.90 Å². The molecule has 1 aromatic carbocycles. The number of piperidine rings is 1. The van der Waals surface area contributed by atoms with Crippen LogP contribution in [0.4, 0.5) is 10.2 Å². The molecule has 0 radical (unpaired) electrons. The van der Waals surface area contributed by atoms with Crippen molar-refractivity contribution in [2.24, 2.45) is 0 Å². The molecule has 0 amide bonds. The van der Waals surface area contributed by atoms with E-state index in [1.54, 1.807) is 23.1 Å². The van der Waals surface area contributed by atoms with E-state index in [-0.39, 0.29) is 5.82 Å². The molecule has 3 heterocycles. The normalized spacial score (nSPS) is 21.0. The third-order valence-electron chi connectivity index (χ3n) is 5.00. The van der Waals surface area contributed by atoms with Crippen LogP contribution in [0.1, 0.15) is 38.7 Å². The second-order valence-corrected chi connectivity index (χ2v) is 6.74. The summed E-state index contributed by atoms with van der Waals surface area (Å²) in [6.45, 7) is 4.73. The Kier molecular flexibility index (Phi) is 4.07. The fourth-order valence-corrected chi connectivity index (χ4v) is 3.70. The molecule has 1 fully saturated rings. The van der Waals surface area contributed by atoms with Crippen molar-refractivity contribution in [3.05, 3.63) is 42.0 Å². The molecule has 130 valence electrons. The van der Waals surface area contributed by atoms with E-state index in [9.17, 15) is 4.39 Å². The zero-order valence-corrected chi connectivity index (χ0v) is 14.4. The SMILES string of the molecule is C[C@H]1CCC[C@H](C)N1c1ncnc2c1nnn2Cc1ccccc1F. The maximum atomic E-state index is 14.0. The molecule has 2 atom stereocenters. The van der Waals surface area contributed by atoms with Gasteiger partial charge in [-0.3, -0.25) is 0 Å². The molecular weight excluding hydrogens is 319 g/mol. The Morgan fingerprint density at radius 2 is 1.88 bits per heavy atom. The fourth-order valence-electron chi connectivity index (χ4n) is 3.70. The first-order chi connectivity index (χ1) is 12.1. The highest BCUT2D eigenvalue weighted by Crippen LogP contribution is 2.31. The Morgan fingerprint density at radius 1 is 1.12 bits per heavy atom. The van der Waals surface area contributed by atoms with Gasteiger partial charge in [-0.05, 0) is 39.2 Å². The monoisotopic (exact) mass is 340 g/mol. The van der Waals surface area contributed by atoms with Crippen molar-refractivity contribution in [2.45, 2.75) is 51.7 Å². The molecule has 7 heteroatoms. The Morgan fingerprint density at radius 3 is 2.64 bits per heavy atom. The summed E-state index contributed by atoms with van der Waals surface area (Å²) in [4.78, 5) is 11.2. The van der Waals surface area contributed by atoms with E-state index in [0.29, 0.717) is 35.4 Å². The van der Waals surface area contributed by atoms with Gasteiger partial charge in [-0.15, -0.1) is 5.10 Å². The number of hydrogen-bond acceptors (Lipinski definition) is 5. The summed E-state index contributed by atoms with van der Waals surface area (Å²) >= 11 is 0. The number of anilines is 1. The van der Waals surface area contributed by atoms with Crippen molar-refractivity contribution in [3.8, 4) is 0 Å². The van der Waals surface area contributed by atoms with Crippen molar-refractivity contribution in [1.82, 2.24) is 25.0 Å². The van der Waals surface area contributed by atoms with Crippen LogP contribution in [0, 0.1) is 5.82 Å². The predicted molar refractivity (Wildman–Crippen MR) is 93.9 cm³/mol. The summed E-state index contributed by atoms with van der Waals surface area (Å²) in [5.41, 5.74) is 1.88. The van der Waals surface area contributed by atoms with Crippen LogP contribution in [0.2, 0.25) is 0 Å². The number of aromatic nitrogens is 5. The smallest absolute Gasteiger partial charge is 0.184 e. The number of halogens is 1. The first-order valence-electron chi connectivity index (χ1n) is 8.71. The molecule has 1 aliphatic heterocycles. The van der Waals surface area contributed by atoms with Crippen LogP contribution in [-0.2, 0) is 6.54 Å². The van der Waals surface area contributed by atoms with Crippen LogP contribution >= 0.6 is 0 Å². The van der Waals surface area contributed by atoms with Gasteiger partial charge in [0, 0.05) is 17.6 Å². The van der Waals surface area contributed by atoms with Crippen molar-refractivity contribution in [2.75, 3.05) is 4.90 Å². The lowest BCUT2D eigenvalue weighted by Crippen LogP contribution is -2.44. The zero-order chi connectivity index (χ0) is 17.4. The van der Waals surface area contributed by atoms with E-state index in [1.807, 2.05) is 6.07 Å². The van der Waals surface area contributed by atoms with Crippen LogP contribution in [0.5, 0.6) is 0 Å². The highest BCUT2D eigenvalue weighted by molar-refractivity contribution is 5.83. The first-order valence-corrected chi connectivity index (χ1v) is 8.71. The van der Waals surface area contributed by atoms with Crippen LogP contribution in [0.3, 0.4) is 0 Å². The molecule has 2 aromatic heterocycles. The largest absolute Gasteiger partial charge is 0.349 e. The highest BCUT2D eigenvalue weighted by atomic mass is 19.1. The Balaban J connectivity index is 1.74. The summed E-state index contributed by atoms with van der Waals surface area (Å²) < 4.78 is 15.6. The lowest BCUT2D eigenvalue weighted by Gasteiger charge is -2.39. The number of benzene rings is 1. The maximum absolute atomic E-state index is 14.0. The molecule has 0 bridgehead atoms. The summed E-state index contributed by atoms with van der Waals surface area (Å²) in [6, 6.07) is 7.50. The number of nitrogens with zero attached hydrogens (tertiary/aromatic N) is 6. The van der Waals surface area contributed by atoms with Crippen molar-refractivity contribution >= 4 is 17.0 Å². The van der Waals surface area contributed by atoms with Gasteiger partial charge in [-0.25, -0.2) is 19.0 Å². The number of fused-ring (bicyclic) bond motifs is 1. The van der Waals surface area contributed by atoms with Crippen molar-refractivity contribution in [1.29, 1.82) is 0 Å². The van der Waals surface area contributed by atoms with Gasteiger partial charge >= 0.3 is 0 Å². The second kappa shape index (κ2) is 6.38. The molecule has 0 aliphatic carbocycles. The van der Waals surface area contributed by atoms with E-state index in [0.717, 1.165) is 18.7 Å². The summed E-state index contributed by atoms with van der Waals surface area (Å²) in [6.07, 6.45) is 5.05. The van der Waals surface area contributed by atoms with Crippen LogP contribution in [0.25, 0.3) is 11.2 Å². The molecule has 4 rings (SSSR count). The van der Waals surface area contributed by atoms with Crippen molar-refractivity contribution < 1.29 is 4.39 Å². The van der Waals surface area contributed by atoms with Gasteiger partial charge in [0.05, 0.1) is 6.54 Å². The van der Waals surface area contributed by atoms with E-state index < -0.39 is 0 Å². The minimum absolute atomic E-state index is 0.251. The third kappa shape index (κ3) is 2.83. The molecule has 25 heavy (non-hydrogen) atoms. The van der Waals surface area contributed by atoms with Crippen LogP contribution in [-0.4, -0.2) is 37.0 Å². The zero-order valence-electron chi connectivity index (χ0n) is 14.4. The lowest BCUT2D eigenvalue weighted by molar-refractivity contribution is 0.412. The maximum Gasteiger partial charge on any atom is 0.184 e. The summed E-state index contributed by atoms with van der Waals surface area (Å²) in [7, 11) is 0. The van der Waals surface area contributed by atoms with Gasteiger partial charge in [-0.2, -0.15) is 0 Å². The van der Waals surface area contributed by atoms with Crippen LogP contribution < -0.4 is 4.90 Å². The Bertz CT molecular complexity index is 882. The van der Waals surface area contributed by atoms with E-state index >= 15 is 0 Å². The molecule has 0 N–H and O–H groups in total. The minimum Gasteiger partial charge on any atom is -0.349 e. The standard InChI is InChI=1S/C18H21FN6/c1-12-6-5-7-13(2)25(12)18-16-17(20-11-21-18)24(23-22-16)10-14-8-3-4-9-15(14)19/h3-4,8-9,11-13H,5-7,10H2,1-2H3/t12-,13-/m0/s1. The molecule has 1 saturated heterocycles. The van der Waals surface area contributed by atoms with E-state index in [4.69, 9.17) is 0 Å². The first kappa shape index (κ1) is 15.9. The van der Waals surface area contributed by atoms with Gasteiger partial charge in [-0.1, -0.05) is 23.4 Å². The third-order valence-corrected chi connectivity index (χ3v) is 5.00. The summed E-state index contributed by atoms with van der Waals surface area (Å²) in [5.74, 6) is 0.572. The average molecular weight is 340 g/mol. The van der Waals surface area contributed by atoms with Gasteiger partial charge in [0.25, 0.3) is 0 Å². The molecular formula is C18H21FN6. The quantitative estimate of drug-likeness (QED) is 0.733. The molecule has 0 unspecified atom stereocenters. The molecule has 1 aliphatic rings. The van der Waals surface area contributed by atoms with E-state index in [2.05, 4.69) is 39.0 Å². The highest BCUT2D eigenvalue weighted by Gasteiger charge is 2.28. The molecule has 6 nitrogen and oxygen atoms in total. The topological polar surface area (TPSA) is 59.7 Å². The summed E-state index contributed by atoms with van der Waals surface area (Å²) in [5, 5.41) is 8.52. The second-order valence-electron chi connectivity index (χ2n) is 6.74. The van der Waals surface area contributed by atoms with E-state index in [1.165, 1.54) is 12.5 Å². The Labute approximate surface area is 145 Å². The molecule has 0 spiro atoms. The van der Waals surface area contributed by atoms with Gasteiger partial charge in [0.15, 0.2) is 17.0 Å². The fraction of sp³-hybridized carbons (Fsp3) is 0.444.